The summed E-state index contributed by atoms with van der Waals surface area (Å²) in [5.41, 5.74) is 10.0. The summed E-state index contributed by atoms with van der Waals surface area (Å²) in [6.07, 6.45) is 0. The van der Waals surface area contributed by atoms with Gasteiger partial charge in [0, 0.05) is 0 Å². The van der Waals surface area contributed by atoms with Crippen LogP contribution in [-0.2, 0) is 4.79 Å². The van der Waals surface area contributed by atoms with Crippen LogP contribution in [0.15, 0.2) is 40.5 Å². The van der Waals surface area contributed by atoms with Crippen molar-refractivity contribution in [3.8, 4) is 0 Å². The van der Waals surface area contributed by atoms with E-state index < -0.39 is 21.1 Å². The fourth-order valence-corrected chi connectivity index (χ4v) is 5.89. The monoisotopic (exact) mass is 422 g/mol. The SMILES string of the molecule is Nc1ccc(C2=[CH][Sn][c]3cc(F)ccc32)cc1NC(=O)CCl. The molecule has 0 aliphatic carbocycles. The molecule has 0 atom stereocenters. The number of halogens is 2. The van der Waals surface area contributed by atoms with Gasteiger partial charge >= 0.3 is 143 Å². The topological polar surface area (TPSA) is 55.1 Å². The molecule has 0 spiro atoms. The van der Waals surface area contributed by atoms with Crippen LogP contribution in [0, 0.1) is 5.82 Å². The molecule has 1 heterocycles. The predicted molar refractivity (Wildman–Crippen MR) is 89.1 cm³/mol. The third kappa shape index (κ3) is 2.98. The van der Waals surface area contributed by atoms with E-state index in [9.17, 15) is 9.18 Å². The van der Waals surface area contributed by atoms with Gasteiger partial charge in [-0.05, 0) is 0 Å². The Morgan fingerprint density at radius 2 is 2.09 bits per heavy atom. The Labute approximate surface area is 142 Å². The van der Waals surface area contributed by atoms with Crippen molar-refractivity contribution >= 4 is 59.2 Å². The fourth-order valence-electron chi connectivity index (χ4n) is 2.35. The van der Waals surface area contributed by atoms with E-state index in [4.69, 9.17) is 17.3 Å². The van der Waals surface area contributed by atoms with Crippen molar-refractivity contribution < 1.29 is 9.18 Å². The molecular formula is C16H12ClFN2OSn. The van der Waals surface area contributed by atoms with Gasteiger partial charge < -0.3 is 0 Å². The Morgan fingerprint density at radius 1 is 1.27 bits per heavy atom. The molecule has 0 fully saturated rings. The number of anilines is 2. The molecule has 3 nitrogen and oxygen atoms in total. The van der Waals surface area contributed by atoms with Crippen LogP contribution in [0.1, 0.15) is 11.1 Å². The zero-order valence-corrected chi connectivity index (χ0v) is 15.1. The molecule has 0 aromatic heterocycles. The number of fused-ring (bicyclic) bond motifs is 1. The van der Waals surface area contributed by atoms with E-state index in [-0.39, 0.29) is 17.6 Å². The van der Waals surface area contributed by atoms with Crippen LogP contribution in [0.2, 0.25) is 0 Å². The number of amides is 1. The molecule has 0 bridgehead atoms. The summed E-state index contributed by atoms with van der Waals surface area (Å²) in [7, 11) is 0. The predicted octanol–water partition coefficient (Wildman–Crippen LogP) is 2.32. The van der Waals surface area contributed by atoms with Crippen molar-refractivity contribution in [1.29, 1.82) is 0 Å². The van der Waals surface area contributed by atoms with Crippen LogP contribution < -0.4 is 14.6 Å². The van der Waals surface area contributed by atoms with E-state index in [1.54, 1.807) is 12.1 Å². The van der Waals surface area contributed by atoms with E-state index in [1.807, 2.05) is 18.2 Å². The fraction of sp³-hybridized carbons (Fsp3) is 0.0625. The molecule has 1 amide bonds. The van der Waals surface area contributed by atoms with Crippen molar-refractivity contribution in [1.82, 2.24) is 0 Å². The van der Waals surface area contributed by atoms with Crippen LogP contribution in [0.4, 0.5) is 15.8 Å². The Kier molecular flexibility index (Phi) is 4.40. The van der Waals surface area contributed by atoms with E-state index in [2.05, 4.69) is 9.41 Å². The zero-order valence-electron chi connectivity index (χ0n) is 11.5. The number of alkyl halides is 1. The number of nitrogens with one attached hydrogen (secondary N) is 1. The number of benzene rings is 2. The molecule has 3 rings (SSSR count). The molecule has 22 heavy (non-hydrogen) atoms. The second kappa shape index (κ2) is 6.30. The Bertz CT molecular complexity index is 792. The number of carbonyl (C=O) groups is 1. The standard InChI is InChI=1S/C16H12ClFN2O.Sn/c1-10(11-2-5-13(18)6-3-11)12-4-7-14(19)15(8-12)20-16(21)9-17;/h1-2,4-8H,9,19H2,(H,20,21);. The van der Waals surface area contributed by atoms with Crippen molar-refractivity contribution in [2.24, 2.45) is 0 Å². The molecule has 3 N–H and O–H groups in total. The number of nitrogen functional groups attached to an aromatic ring is 1. The summed E-state index contributed by atoms with van der Waals surface area (Å²) in [5, 5.41) is 2.69. The number of hydrogen-bond acceptors (Lipinski definition) is 2. The molecule has 2 radical (unpaired) electrons. The molecule has 1 aliphatic heterocycles. The van der Waals surface area contributed by atoms with Gasteiger partial charge in [-0.15, -0.1) is 0 Å². The van der Waals surface area contributed by atoms with Gasteiger partial charge in [0.05, 0.1) is 0 Å². The summed E-state index contributed by atoms with van der Waals surface area (Å²) in [5.74, 6) is -0.616. The summed E-state index contributed by atoms with van der Waals surface area (Å²) < 4.78 is 16.7. The Morgan fingerprint density at radius 3 is 2.86 bits per heavy atom. The number of rotatable bonds is 3. The number of carbonyl (C=O) groups excluding carboxylic acids is 1. The second-order valence-corrected chi connectivity index (χ2v) is 8.33. The van der Waals surface area contributed by atoms with E-state index in [1.165, 1.54) is 6.07 Å². The molecule has 110 valence electrons. The first-order chi connectivity index (χ1) is 10.6. The van der Waals surface area contributed by atoms with E-state index >= 15 is 0 Å². The summed E-state index contributed by atoms with van der Waals surface area (Å²) in [6.45, 7) is 0. The quantitative estimate of drug-likeness (QED) is 0.454. The molecule has 0 saturated carbocycles. The van der Waals surface area contributed by atoms with Crippen LogP contribution >= 0.6 is 11.6 Å². The van der Waals surface area contributed by atoms with Crippen molar-refractivity contribution in [2.75, 3.05) is 16.9 Å². The normalized spacial score (nSPS) is 12.7. The Hall–Kier alpha value is -1.53. The van der Waals surface area contributed by atoms with E-state index in [0.29, 0.717) is 11.4 Å². The van der Waals surface area contributed by atoms with Crippen LogP contribution in [0.25, 0.3) is 5.57 Å². The second-order valence-electron chi connectivity index (χ2n) is 4.88. The first-order valence-electron chi connectivity index (χ1n) is 6.61. The van der Waals surface area contributed by atoms with Gasteiger partial charge in [0.25, 0.3) is 0 Å². The van der Waals surface area contributed by atoms with Gasteiger partial charge in [0.1, 0.15) is 0 Å². The van der Waals surface area contributed by atoms with Gasteiger partial charge in [-0.3, -0.25) is 0 Å². The molecular weight excluding hydrogens is 409 g/mol. The van der Waals surface area contributed by atoms with Gasteiger partial charge in [0.15, 0.2) is 0 Å². The summed E-state index contributed by atoms with van der Waals surface area (Å²) in [6, 6.07) is 10.4. The van der Waals surface area contributed by atoms with Gasteiger partial charge in [-0.2, -0.15) is 0 Å². The maximum atomic E-state index is 13.3. The van der Waals surface area contributed by atoms with Gasteiger partial charge in [-0.25, -0.2) is 0 Å². The van der Waals surface area contributed by atoms with E-state index in [0.717, 1.165) is 20.3 Å². The average molecular weight is 421 g/mol. The number of hydrogen-bond donors (Lipinski definition) is 2. The Balaban J connectivity index is 1.97. The van der Waals surface area contributed by atoms with Crippen molar-refractivity contribution in [3.63, 3.8) is 0 Å². The van der Waals surface area contributed by atoms with Crippen molar-refractivity contribution in [3.05, 3.63) is 57.4 Å². The van der Waals surface area contributed by atoms with Crippen LogP contribution in [0.5, 0.6) is 0 Å². The third-order valence-electron chi connectivity index (χ3n) is 3.40. The molecule has 0 saturated heterocycles. The van der Waals surface area contributed by atoms with Crippen molar-refractivity contribution in [2.45, 2.75) is 0 Å². The maximum absolute atomic E-state index is 13.3. The molecule has 2 aromatic rings. The molecule has 1 aliphatic rings. The third-order valence-corrected chi connectivity index (χ3v) is 6.95. The van der Waals surface area contributed by atoms with Crippen LogP contribution in [-0.4, -0.2) is 32.9 Å². The minimum absolute atomic E-state index is 0.122. The average Bonchev–Trinajstić information content (AvgIpc) is 2.92. The van der Waals surface area contributed by atoms with Gasteiger partial charge in [-0.1, -0.05) is 0 Å². The van der Waals surface area contributed by atoms with Gasteiger partial charge in [0.2, 0.25) is 0 Å². The molecule has 2 aromatic carbocycles. The first kappa shape index (κ1) is 15.4. The molecule has 0 unspecified atom stereocenters. The zero-order chi connectivity index (χ0) is 15.7. The summed E-state index contributed by atoms with van der Waals surface area (Å²) >= 11 is 4.61. The molecule has 6 heteroatoms. The minimum atomic E-state index is -0.903. The first-order valence-corrected chi connectivity index (χ1v) is 10.2. The van der Waals surface area contributed by atoms with Crippen LogP contribution in [0.3, 0.4) is 0 Å². The summed E-state index contributed by atoms with van der Waals surface area (Å²) in [4.78, 5) is 11.5. The number of nitrogens with two attached hydrogens (primary N) is 1.